The second-order valence-electron chi connectivity index (χ2n) is 6.56. The quantitative estimate of drug-likeness (QED) is 0.896. The molecule has 0 bridgehead atoms. The summed E-state index contributed by atoms with van der Waals surface area (Å²) in [6.45, 7) is 2.02. The molecule has 7 heteroatoms. The number of anilines is 2. The van der Waals surface area contributed by atoms with Gasteiger partial charge in [0.25, 0.3) is 0 Å². The van der Waals surface area contributed by atoms with Crippen molar-refractivity contribution in [2.75, 3.05) is 39.0 Å². The van der Waals surface area contributed by atoms with E-state index >= 15 is 0 Å². The molecule has 0 atom stereocenters. The Hall–Kier alpha value is -2.54. The number of hydrogen-bond donors (Lipinski definition) is 1. The van der Waals surface area contributed by atoms with Gasteiger partial charge in [0.05, 0.1) is 18.4 Å². The highest BCUT2D eigenvalue weighted by molar-refractivity contribution is 5.78. The molecule has 0 spiro atoms. The molecule has 7 nitrogen and oxygen atoms in total. The fourth-order valence-corrected chi connectivity index (χ4v) is 3.00. The Morgan fingerprint density at radius 3 is 2.72 bits per heavy atom. The van der Waals surface area contributed by atoms with Crippen molar-refractivity contribution in [1.29, 1.82) is 0 Å². The molecular formula is C18H24N6O. The van der Waals surface area contributed by atoms with Crippen LogP contribution in [-0.2, 0) is 4.79 Å². The van der Waals surface area contributed by atoms with E-state index in [2.05, 4.69) is 20.3 Å². The number of nitrogens with zero attached hydrogens (tertiary/aromatic N) is 5. The molecule has 3 rings (SSSR count). The molecule has 1 aliphatic heterocycles. The lowest BCUT2D eigenvalue weighted by Crippen LogP contribution is -2.42. The van der Waals surface area contributed by atoms with Gasteiger partial charge in [0.2, 0.25) is 5.91 Å². The Bertz CT molecular complexity index is 698. The number of nitrogens with one attached hydrogen (secondary N) is 1. The highest BCUT2D eigenvalue weighted by Crippen LogP contribution is 2.27. The lowest BCUT2D eigenvalue weighted by atomic mass is 9.93. The highest BCUT2D eigenvalue weighted by atomic mass is 16.2. The molecule has 2 aromatic heterocycles. The van der Waals surface area contributed by atoms with Crippen LogP contribution in [0, 0.1) is 0 Å². The van der Waals surface area contributed by atoms with E-state index in [1.807, 2.05) is 48.3 Å². The van der Waals surface area contributed by atoms with Crippen LogP contribution in [0.15, 0.2) is 36.8 Å². The zero-order valence-corrected chi connectivity index (χ0v) is 14.7. The van der Waals surface area contributed by atoms with Gasteiger partial charge in [-0.25, -0.2) is 9.97 Å². The van der Waals surface area contributed by atoms with Crippen LogP contribution < -0.4 is 5.32 Å². The smallest absolute Gasteiger partial charge is 0.236 e. The molecule has 1 saturated heterocycles. The molecule has 3 heterocycles. The number of rotatable bonds is 5. The van der Waals surface area contributed by atoms with Crippen molar-refractivity contribution in [3.63, 3.8) is 0 Å². The van der Waals surface area contributed by atoms with Crippen LogP contribution >= 0.6 is 0 Å². The summed E-state index contributed by atoms with van der Waals surface area (Å²) in [5.74, 6) is 1.97. The Morgan fingerprint density at radius 2 is 2.04 bits per heavy atom. The first-order valence-electron chi connectivity index (χ1n) is 8.54. The molecule has 1 fully saturated rings. The molecular weight excluding hydrogens is 316 g/mol. The number of hydrogen-bond acceptors (Lipinski definition) is 6. The van der Waals surface area contributed by atoms with Crippen LogP contribution in [0.25, 0.3) is 0 Å². The zero-order valence-electron chi connectivity index (χ0n) is 14.7. The first-order chi connectivity index (χ1) is 12.1. The van der Waals surface area contributed by atoms with E-state index in [0.29, 0.717) is 18.3 Å². The number of likely N-dealkylation sites (tertiary alicyclic amines) is 1. The summed E-state index contributed by atoms with van der Waals surface area (Å²) in [5, 5.41) is 3.18. The third-order valence-corrected chi connectivity index (χ3v) is 4.29. The van der Waals surface area contributed by atoms with Gasteiger partial charge >= 0.3 is 0 Å². The standard InChI is InChI=1S/C18H24N6O/c1-23(2)13-18(25)24-9-6-14(7-10-24)15-11-19-12-17(21-15)22-16-5-3-4-8-20-16/h3-5,8,11-12,14H,6-7,9-10,13H2,1-2H3,(H,20,21,22). The van der Waals surface area contributed by atoms with Crippen LogP contribution in [0.4, 0.5) is 11.6 Å². The van der Waals surface area contributed by atoms with Crippen molar-refractivity contribution in [1.82, 2.24) is 24.8 Å². The van der Waals surface area contributed by atoms with Crippen molar-refractivity contribution in [3.05, 3.63) is 42.5 Å². The molecule has 0 unspecified atom stereocenters. The van der Waals surface area contributed by atoms with Crippen molar-refractivity contribution in [3.8, 4) is 0 Å². The van der Waals surface area contributed by atoms with Crippen LogP contribution in [0.1, 0.15) is 24.5 Å². The van der Waals surface area contributed by atoms with Crippen LogP contribution in [-0.4, -0.2) is 64.4 Å². The minimum Gasteiger partial charge on any atom is -0.342 e. The summed E-state index contributed by atoms with van der Waals surface area (Å²) in [6, 6.07) is 5.69. The van der Waals surface area contributed by atoms with E-state index in [0.717, 1.165) is 37.4 Å². The molecule has 0 aliphatic carbocycles. The summed E-state index contributed by atoms with van der Waals surface area (Å²) >= 11 is 0. The molecule has 132 valence electrons. The lowest BCUT2D eigenvalue weighted by Gasteiger charge is -2.32. The first-order valence-corrected chi connectivity index (χ1v) is 8.54. The van der Waals surface area contributed by atoms with E-state index in [-0.39, 0.29) is 5.91 Å². The predicted octanol–water partition coefficient (Wildman–Crippen LogP) is 1.88. The van der Waals surface area contributed by atoms with Crippen LogP contribution in [0.2, 0.25) is 0 Å². The Morgan fingerprint density at radius 1 is 1.24 bits per heavy atom. The minimum atomic E-state index is 0.195. The zero-order chi connectivity index (χ0) is 17.6. The maximum Gasteiger partial charge on any atom is 0.236 e. The fraction of sp³-hybridized carbons (Fsp3) is 0.444. The maximum atomic E-state index is 12.1. The van der Waals surface area contributed by atoms with Crippen molar-refractivity contribution < 1.29 is 4.79 Å². The topological polar surface area (TPSA) is 74.2 Å². The first kappa shape index (κ1) is 17.3. The Kier molecular flexibility index (Phi) is 5.55. The largest absolute Gasteiger partial charge is 0.342 e. The van der Waals surface area contributed by atoms with Gasteiger partial charge in [-0.2, -0.15) is 0 Å². The van der Waals surface area contributed by atoms with Gasteiger partial charge in [-0.05, 0) is 39.1 Å². The van der Waals surface area contributed by atoms with E-state index < -0.39 is 0 Å². The lowest BCUT2D eigenvalue weighted by molar-refractivity contribution is -0.132. The number of amides is 1. The van der Waals surface area contributed by atoms with Crippen molar-refractivity contribution in [2.45, 2.75) is 18.8 Å². The number of piperidine rings is 1. The summed E-state index contributed by atoms with van der Waals surface area (Å²) in [5.41, 5.74) is 0.973. The number of aromatic nitrogens is 3. The number of carbonyl (C=O) groups is 1. The average Bonchev–Trinajstić information content (AvgIpc) is 2.62. The van der Waals surface area contributed by atoms with E-state index in [9.17, 15) is 4.79 Å². The third kappa shape index (κ3) is 4.73. The third-order valence-electron chi connectivity index (χ3n) is 4.29. The summed E-state index contributed by atoms with van der Waals surface area (Å²) in [6.07, 6.45) is 7.10. The summed E-state index contributed by atoms with van der Waals surface area (Å²) in [4.78, 5) is 29.2. The summed E-state index contributed by atoms with van der Waals surface area (Å²) < 4.78 is 0. The van der Waals surface area contributed by atoms with Crippen molar-refractivity contribution in [2.24, 2.45) is 0 Å². The van der Waals surface area contributed by atoms with E-state index in [4.69, 9.17) is 0 Å². The van der Waals surface area contributed by atoms with Gasteiger partial charge in [0.1, 0.15) is 11.6 Å². The molecule has 2 aromatic rings. The Labute approximate surface area is 148 Å². The van der Waals surface area contributed by atoms with Gasteiger partial charge in [-0.3, -0.25) is 9.78 Å². The van der Waals surface area contributed by atoms with E-state index in [1.54, 1.807) is 12.4 Å². The Balaban J connectivity index is 1.60. The molecule has 0 aromatic carbocycles. The number of pyridine rings is 1. The highest BCUT2D eigenvalue weighted by Gasteiger charge is 2.25. The fourth-order valence-electron chi connectivity index (χ4n) is 3.00. The molecule has 1 amide bonds. The summed E-state index contributed by atoms with van der Waals surface area (Å²) in [7, 11) is 3.83. The number of likely N-dealkylation sites (N-methyl/N-ethyl adjacent to an activating group) is 1. The van der Waals surface area contributed by atoms with Gasteiger partial charge in [0.15, 0.2) is 0 Å². The van der Waals surface area contributed by atoms with E-state index in [1.165, 1.54) is 0 Å². The normalized spacial score (nSPS) is 15.4. The van der Waals surface area contributed by atoms with Crippen LogP contribution in [0.3, 0.4) is 0 Å². The molecule has 1 aliphatic rings. The van der Waals surface area contributed by atoms with Crippen LogP contribution in [0.5, 0.6) is 0 Å². The van der Waals surface area contributed by atoms with Gasteiger partial charge in [-0.1, -0.05) is 6.07 Å². The SMILES string of the molecule is CN(C)CC(=O)N1CCC(c2cncc(Nc3ccccn3)n2)CC1. The molecule has 0 radical (unpaired) electrons. The molecule has 1 N–H and O–H groups in total. The molecule has 25 heavy (non-hydrogen) atoms. The van der Waals surface area contributed by atoms with Gasteiger partial charge < -0.3 is 15.1 Å². The second-order valence-corrected chi connectivity index (χ2v) is 6.56. The minimum absolute atomic E-state index is 0.195. The maximum absolute atomic E-state index is 12.1. The average molecular weight is 340 g/mol. The second kappa shape index (κ2) is 8.02. The van der Waals surface area contributed by atoms with Gasteiger partial charge in [0, 0.05) is 31.4 Å². The molecule has 0 saturated carbocycles. The van der Waals surface area contributed by atoms with Crippen molar-refractivity contribution >= 4 is 17.5 Å². The predicted molar refractivity (Wildman–Crippen MR) is 96.7 cm³/mol. The monoisotopic (exact) mass is 340 g/mol. The van der Waals surface area contributed by atoms with Gasteiger partial charge in [-0.15, -0.1) is 0 Å². The number of carbonyl (C=O) groups excluding carboxylic acids is 1.